The van der Waals surface area contributed by atoms with Gasteiger partial charge in [0, 0.05) is 11.6 Å². The lowest BCUT2D eigenvalue weighted by Crippen LogP contribution is -2.21. The number of nitrogens with zero attached hydrogens (tertiary/aromatic N) is 1. The van der Waals surface area contributed by atoms with Crippen molar-refractivity contribution in [1.29, 1.82) is 0 Å². The first-order chi connectivity index (χ1) is 7.49. The van der Waals surface area contributed by atoms with Crippen molar-refractivity contribution in [2.45, 2.75) is 13.8 Å². The number of carbonyl (C=O) groups excluding carboxylic acids is 2. The Morgan fingerprint density at radius 3 is 2.81 bits per heavy atom. The average Bonchev–Trinajstić information content (AvgIpc) is 2.60. The monoisotopic (exact) mass is 224 g/mol. The maximum Gasteiger partial charge on any atom is 0.333 e. The maximum absolute atomic E-state index is 11.2. The van der Waals surface area contributed by atoms with E-state index >= 15 is 0 Å². The van der Waals surface area contributed by atoms with Crippen LogP contribution in [0.25, 0.3) is 0 Å². The summed E-state index contributed by atoms with van der Waals surface area (Å²) >= 11 is 0. The van der Waals surface area contributed by atoms with Gasteiger partial charge in [-0.3, -0.25) is 4.79 Å². The van der Waals surface area contributed by atoms with Crippen molar-refractivity contribution in [2.75, 3.05) is 11.9 Å². The van der Waals surface area contributed by atoms with Crippen molar-refractivity contribution < 1.29 is 18.8 Å². The molecule has 0 aliphatic rings. The van der Waals surface area contributed by atoms with Gasteiger partial charge in [-0.05, 0) is 13.8 Å². The average molecular weight is 224 g/mol. The van der Waals surface area contributed by atoms with E-state index in [1.165, 1.54) is 6.92 Å². The summed E-state index contributed by atoms with van der Waals surface area (Å²) in [6.07, 6.45) is 0. The molecule has 86 valence electrons. The minimum atomic E-state index is -0.605. The molecule has 1 aromatic heterocycles. The molecule has 16 heavy (non-hydrogen) atoms. The molecule has 0 unspecified atom stereocenters. The number of anilines is 1. The predicted octanol–water partition coefficient (Wildman–Crippen LogP) is 1.04. The molecular formula is C10H12N2O4. The summed E-state index contributed by atoms with van der Waals surface area (Å²) in [6, 6.07) is 1.55. The van der Waals surface area contributed by atoms with Crippen LogP contribution in [0.4, 0.5) is 5.82 Å². The van der Waals surface area contributed by atoms with Crippen molar-refractivity contribution in [3.05, 3.63) is 24.0 Å². The third-order valence-corrected chi connectivity index (χ3v) is 1.58. The minimum Gasteiger partial charge on any atom is -0.452 e. The van der Waals surface area contributed by atoms with Gasteiger partial charge in [-0.2, -0.15) is 0 Å². The third-order valence-electron chi connectivity index (χ3n) is 1.58. The number of ether oxygens (including phenoxy) is 1. The van der Waals surface area contributed by atoms with Crippen molar-refractivity contribution in [3.8, 4) is 0 Å². The van der Waals surface area contributed by atoms with Crippen molar-refractivity contribution in [2.24, 2.45) is 0 Å². The minimum absolute atomic E-state index is 0.241. The molecule has 0 aromatic carbocycles. The van der Waals surface area contributed by atoms with Gasteiger partial charge >= 0.3 is 5.97 Å². The lowest BCUT2D eigenvalue weighted by atomic mass is 10.4. The smallest absolute Gasteiger partial charge is 0.333 e. The fourth-order valence-corrected chi connectivity index (χ4v) is 0.859. The fourth-order valence-electron chi connectivity index (χ4n) is 0.859. The molecule has 1 N–H and O–H groups in total. The number of hydrogen-bond donors (Lipinski definition) is 1. The van der Waals surface area contributed by atoms with Crippen molar-refractivity contribution in [1.82, 2.24) is 5.16 Å². The molecule has 6 heteroatoms. The zero-order valence-electron chi connectivity index (χ0n) is 9.07. The van der Waals surface area contributed by atoms with E-state index in [2.05, 4.69) is 21.8 Å². The molecule has 0 bridgehead atoms. The van der Waals surface area contributed by atoms with Crippen LogP contribution in [0, 0.1) is 6.92 Å². The molecule has 0 radical (unpaired) electrons. The largest absolute Gasteiger partial charge is 0.452 e. The van der Waals surface area contributed by atoms with E-state index in [0.717, 1.165) is 0 Å². The van der Waals surface area contributed by atoms with Crippen LogP contribution < -0.4 is 5.32 Å². The van der Waals surface area contributed by atoms with Crippen LogP contribution in [0.2, 0.25) is 0 Å². The van der Waals surface area contributed by atoms with E-state index in [0.29, 0.717) is 5.76 Å². The van der Waals surface area contributed by atoms with Crippen LogP contribution in [-0.4, -0.2) is 23.6 Å². The van der Waals surface area contributed by atoms with Gasteiger partial charge in [0.1, 0.15) is 5.76 Å². The highest BCUT2D eigenvalue weighted by molar-refractivity contribution is 5.94. The lowest BCUT2D eigenvalue weighted by Gasteiger charge is -2.03. The van der Waals surface area contributed by atoms with Gasteiger partial charge < -0.3 is 14.6 Å². The van der Waals surface area contributed by atoms with Gasteiger partial charge in [0.05, 0.1) is 0 Å². The molecule has 0 saturated carbocycles. The summed E-state index contributed by atoms with van der Waals surface area (Å²) < 4.78 is 9.38. The van der Waals surface area contributed by atoms with Crippen LogP contribution in [-0.2, 0) is 14.3 Å². The van der Waals surface area contributed by atoms with Crippen LogP contribution in [0.3, 0.4) is 0 Å². The number of esters is 1. The maximum atomic E-state index is 11.2. The molecule has 0 atom stereocenters. The highest BCUT2D eigenvalue weighted by atomic mass is 16.5. The van der Waals surface area contributed by atoms with Gasteiger partial charge in [0.15, 0.2) is 12.4 Å². The molecule has 0 aliphatic heterocycles. The van der Waals surface area contributed by atoms with Gasteiger partial charge in [0.2, 0.25) is 0 Å². The number of rotatable bonds is 4. The summed E-state index contributed by atoms with van der Waals surface area (Å²) in [7, 11) is 0. The summed E-state index contributed by atoms with van der Waals surface area (Å²) in [6.45, 7) is 6.21. The number of carbonyl (C=O) groups is 2. The van der Waals surface area contributed by atoms with Gasteiger partial charge in [-0.1, -0.05) is 11.7 Å². The summed E-state index contributed by atoms with van der Waals surface area (Å²) in [4.78, 5) is 22.2. The Morgan fingerprint density at radius 1 is 1.62 bits per heavy atom. The standard InChI is InChI=1S/C10H12N2O4/c1-6(2)10(14)15-5-9(13)11-8-4-7(3)16-12-8/h4H,1,5H2,2-3H3,(H,11,12,13). The van der Waals surface area contributed by atoms with Crippen molar-refractivity contribution >= 4 is 17.7 Å². The lowest BCUT2D eigenvalue weighted by molar-refractivity contribution is -0.143. The molecular weight excluding hydrogens is 212 g/mol. The molecule has 0 saturated heterocycles. The van der Waals surface area contributed by atoms with Crippen molar-refractivity contribution in [3.63, 3.8) is 0 Å². The summed E-state index contributed by atoms with van der Waals surface area (Å²) in [5.74, 6) is -0.225. The van der Waals surface area contributed by atoms with E-state index in [-0.39, 0.29) is 18.0 Å². The van der Waals surface area contributed by atoms with E-state index in [1.807, 2.05) is 0 Å². The van der Waals surface area contributed by atoms with E-state index in [9.17, 15) is 9.59 Å². The Morgan fingerprint density at radius 2 is 2.31 bits per heavy atom. The zero-order valence-corrected chi connectivity index (χ0v) is 9.07. The molecule has 6 nitrogen and oxygen atoms in total. The van der Waals surface area contributed by atoms with Gasteiger partial charge in [-0.25, -0.2) is 4.79 Å². The second-order valence-corrected chi connectivity index (χ2v) is 3.23. The Kier molecular flexibility index (Phi) is 3.82. The number of aryl methyl sites for hydroxylation is 1. The van der Waals surface area contributed by atoms with Crippen LogP contribution in [0.1, 0.15) is 12.7 Å². The van der Waals surface area contributed by atoms with Crippen LogP contribution in [0.15, 0.2) is 22.7 Å². The van der Waals surface area contributed by atoms with Gasteiger partial charge in [0.25, 0.3) is 5.91 Å². The summed E-state index contributed by atoms with van der Waals surface area (Å²) in [5, 5.41) is 5.96. The van der Waals surface area contributed by atoms with E-state index < -0.39 is 11.9 Å². The normalized spacial score (nSPS) is 9.62. The summed E-state index contributed by atoms with van der Waals surface area (Å²) in [5.41, 5.74) is 0.241. The first-order valence-electron chi connectivity index (χ1n) is 4.55. The Hall–Kier alpha value is -2.11. The molecule has 1 amide bonds. The molecule has 1 aromatic rings. The van der Waals surface area contributed by atoms with Crippen LogP contribution >= 0.6 is 0 Å². The predicted molar refractivity (Wildman–Crippen MR) is 55.6 cm³/mol. The first kappa shape index (κ1) is 12.0. The second-order valence-electron chi connectivity index (χ2n) is 3.23. The topological polar surface area (TPSA) is 81.4 Å². The molecule has 0 aliphatic carbocycles. The number of hydrogen-bond acceptors (Lipinski definition) is 5. The highest BCUT2D eigenvalue weighted by Gasteiger charge is 2.09. The zero-order chi connectivity index (χ0) is 12.1. The van der Waals surface area contributed by atoms with E-state index in [4.69, 9.17) is 4.52 Å². The third kappa shape index (κ3) is 3.56. The first-order valence-corrected chi connectivity index (χ1v) is 4.55. The number of amides is 1. The quantitative estimate of drug-likeness (QED) is 0.610. The Bertz CT molecular complexity index is 422. The second kappa shape index (κ2) is 5.11. The Balaban J connectivity index is 2.37. The molecule has 0 spiro atoms. The number of aromatic nitrogens is 1. The van der Waals surface area contributed by atoms with Gasteiger partial charge in [-0.15, -0.1) is 0 Å². The molecule has 1 rings (SSSR count). The Labute approximate surface area is 92.2 Å². The highest BCUT2D eigenvalue weighted by Crippen LogP contribution is 2.06. The number of nitrogens with one attached hydrogen (secondary N) is 1. The molecule has 0 fully saturated rings. The van der Waals surface area contributed by atoms with E-state index in [1.54, 1.807) is 13.0 Å². The van der Waals surface area contributed by atoms with Crippen LogP contribution in [0.5, 0.6) is 0 Å². The molecule has 1 heterocycles. The SMILES string of the molecule is C=C(C)C(=O)OCC(=O)Nc1cc(C)on1. The fraction of sp³-hybridized carbons (Fsp3) is 0.300.